The van der Waals surface area contributed by atoms with Crippen LogP contribution < -0.4 is 20.4 Å². The van der Waals surface area contributed by atoms with Crippen molar-refractivity contribution < 1.29 is 19.0 Å². The Morgan fingerprint density at radius 2 is 1.57 bits per heavy atom. The lowest BCUT2D eigenvalue weighted by Gasteiger charge is -2.36. The molecule has 226 valence electrons. The standard InChI is InChI=1S/C32H34N8O4/c41-32(35-25-10-12-33-13-11-25)34-24-8-6-23(7-9-24)29-36-30(39-14-16-42-17-15-39)38-31(37-29)40-26-18-28(27(40)21-43-20-26)44-19-22-4-2-1-3-5-22/h1-13,26-28H,14-21H2,(H2,33,34,35,41)/t26-,27-,28+/m1/s1. The van der Waals surface area contributed by atoms with Crippen LogP contribution in [-0.2, 0) is 20.8 Å². The predicted octanol–water partition coefficient (Wildman–Crippen LogP) is 3.98. The Kier molecular flexibility index (Phi) is 8.26. The van der Waals surface area contributed by atoms with Crippen LogP contribution >= 0.6 is 0 Å². The van der Waals surface area contributed by atoms with Crippen LogP contribution in [0, 0.1) is 0 Å². The first-order valence-electron chi connectivity index (χ1n) is 14.9. The van der Waals surface area contributed by atoms with Gasteiger partial charge in [-0.1, -0.05) is 30.3 Å². The van der Waals surface area contributed by atoms with Gasteiger partial charge < -0.3 is 34.6 Å². The maximum atomic E-state index is 12.5. The zero-order valence-electron chi connectivity index (χ0n) is 24.2. The first kappa shape index (κ1) is 28.1. The lowest BCUT2D eigenvalue weighted by molar-refractivity contribution is 0.0163. The summed E-state index contributed by atoms with van der Waals surface area (Å²) < 4.78 is 18.0. The second kappa shape index (κ2) is 12.9. The number of nitrogens with zero attached hydrogens (tertiary/aromatic N) is 6. The number of nitrogens with one attached hydrogen (secondary N) is 2. The van der Waals surface area contributed by atoms with E-state index in [-0.39, 0.29) is 24.2 Å². The molecule has 0 aliphatic carbocycles. The highest BCUT2D eigenvalue weighted by molar-refractivity contribution is 5.99. The van der Waals surface area contributed by atoms with Crippen LogP contribution in [0.15, 0.2) is 79.1 Å². The summed E-state index contributed by atoms with van der Waals surface area (Å²) in [5.41, 5.74) is 3.27. The number of amides is 2. The monoisotopic (exact) mass is 594 g/mol. The van der Waals surface area contributed by atoms with Crippen LogP contribution in [0.25, 0.3) is 11.4 Å². The minimum Gasteiger partial charge on any atom is -0.378 e. The number of ether oxygens (including phenoxy) is 3. The lowest BCUT2D eigenvalue weighted by Crippen LogP contribution is -2.49. The van der Waals surface area contributed by atoms with E-state index in [1.54, 1.807) is 24.5 Å². The molecule has 5 heterocycles. The Hall–Kier alpha value is -4.65. The van der Waals surface area contributed by atoms with Gasteiger partial charge in [0.15, 0.2) is 5.82 Å². The molecular formula is C32H34N8O4. The van der Waals surface area contributed by atoms with Crippen molar-refractivity contribution in [2.24, 2.45) is 0 Å². The smallest absolute Gasteiger partial charge is 0.323 e. The number of hydrogen-bond donors (Lipinski definition) is 2. The summed E-state index contributed by atoms with van der Waals surface area (Å²) in [5.74, 6) is 1.82. The second-order valence-electron chi connectivity index (χ2n) is 11.0. The van der Waals surface area contributed by atoms with Gasteiger partial charge in [-0.25, -0.2) is 4.79 Å². The third kappa shape index (κ3) is 6.32. The number of fused-ring (bicyclic) bond motifs is 2. The fourth-order valence-corrected chi connectivity index (χ4v) is 5.85. The summed E-state index contributed by atoms with van der Waals surface area (Å²) in [6, 6.07) is 20.9. The van der Waals surface area contributed by atoms with Crippen molar-refractivity contribution in [3.8, 4) is 11.4 Å². The normalized spacial score (nSPS) is 21.2. The molecule has 0 spiro atoms. The molecule has 4 aromatic rings. The number of benzene rings is 2. The fourth-order valence-electron chi connectivity index (χ4n) is 5.85. The molecule has 44 heavy (non-hydrogen) atoms. The van der Waals surface area contributed by atoms with Crippen LogP contribution in [0.1, 0.15) is 12.0 Å². The van der Waals surface area contributed by atoms with Gasteiger partial charge in [0.2, 0.25) is 11.9 Å². The van der Waals surface area contributed by atoms with E-state index in [2.05, 4.69) is 37.6 Å². The van der Waals surface area contributed by atoms with Crippen LogP contribution in [-0.4, -0.2) is 83.7 Å². The highest BCUT2D eigenvalue weighted by atomic mass is 16.5. The topological polar surface area (TPSA) is 127 Å². The Bertz CT molecular complexity index is 1550. The van der Waals surface area contributed by atoms with Crippen LogP contribution in [0.5, 0.6) is 0 Å². The molecule has 2 aromatic heterocycles. The molecule has 3 aliphatic heterocycles. The Balaban J connectivity index is 1.13. The van der Waals surface area contributed by atoms with Gasteiger partial charge in [-0.2, -0.15) is 15.0 Å². The van der Waals surface area contributed by atoms with Crippen molar-refractivity contribution in [3.05, 3.63) is 84.7 Å². The minimum absolute atomic E-state index is 0.00147. The molecule has 3 aliphatic rings. The minimum atomic E-state index is -0.340. The number of pyridine rings is 1. The van der Waals surface area contributed by atoms with Gasteiger partial charge in [-0.3, -0.25) is 4.98 Å². The van der Waals surface area contributed by atoms with E-state index in [1.807, 2.05) is 42.5 Å². The van der Waals surface area contributed by atoms with Gasteiger partial charge in [0.1, 0.15) is 0 Å². The van der Waals surface area contributed by atoms with Crippen LogP contribution in [0.3, 0.4) is 0 Å². The van der Waals surface area contributed by atoms with E-state index in [9.17, 15) is 4.79 Å². The number of urea groups is 1. The van der Waals surface area contributed by atoms with Crippen LogP contribution in [0.4, 0.5) is 28.1 Å². The average molecular weight is 595 g/mol. The summed E-state index contributed by atoms with van der Waals surface area (Å²) in [5, 5.41) is 5.66. The molecule has 2 aromatic carbocycles. The zero-order chi connectivity index (χ0) is 29.7. The highest BCUT2D eigenvalue weighted by Crippen LogP contribution is 2.36. The third-order valence-electron chi connectivity index (χ3n) is 8.07. The van der Waals surface area contributed by atoms with E-state index in [4.69, 9.17) is 29.2 Å². The molecule has 2 bridgehead atoms. The van der Waals surface area contributed by atoms with E-state index in [1.165, 1.54) is 0 Å². The summed E-state index contributed by atoms with van der Waals surface area (Å²) in [6.07, 6.45) is 4.09. The quantitative estimate of drug-likeness (QED) is 0.309. The van der Waals surface area contributed by atoms with E-state index in [0.29, 0.717) is 75.2 Å². The van der Waals surface area contributed by atoms with Gasteiger partial charge in [0.25, 0.3) is 0 Å². The van der Waals surface area contributed by atoms with Crippen LogP contribution in [0.2, 0.25) is 0 Å². The summed E-state index contributed by atoms with van der Waals surface area (Å²) in [4.78, 5) is 35.7. The highest BCUT2D eigenvalue weighted by Gasteiger charge is 2.46. The summed E-state index contributed by atoms with van der Waals surface area (Å²) in [7, 11) is 0. The SMILES string of the molecule is O=C(Nc1ccncc1)Nc1ccc(-c2nc(N3CCOCC3)nc(N3[C@H]4COC[C@@H]3[C@@H](OCc3ccccc3)C4)n2)cc1. The summed E-state index contributed by atoms with van der Waals surface area (Å²) in [6.45, 7) is 4.34. The Labute approximate surface area is 255 Å². The number of aromatic nitrogens is 4. The van der Waals surface area contributed by atoms with Gasteiger partial charge in [0.05, 0.1) is 51.2 Å². The molecule has 0 saturated carbocycles. The number of morpholine rings is 2. The van der Waals surface area contributed by atoms with E-state index in [0.717, 1.165) is 17.5 Å². The van der Waals surface area contributed by atoms with Crippen molar-refractivity contribution in [2.75, 3.05) is 60.0 Å². The molecular weight excluding hydrogens is 560 g/mol. The molecule has 3 fully saturated rings. The zero-order valence-corrected chi connectivity index (χ0v) is 24.2. The molecule has 2 N–H and O–H groups in total. The fraction of sp³-hybridized carbons (Fsp3) is 0.344. The van der Waals surface area contributed by atoms with Gasteiger partial charge in [0, 0.05) is 42.4 Å². The molecule has 7 rings (SSSR count). The largest absolute Gasteiger partial charge is 0.378 e. The van der Waals surface area contributed by atoms with Crippen molar-refractivity contribution in [3.63, 3.8) is 0 Å². The van der Waals surface area contributed by atoms with E-state index < -0.39 is 0 Å². The van der Waals surface area contributed by atoms with E-state index >= 15 is 0 Å². The average Bonchev–Trinajstić information content (AvgIpc) is 3.29. The number of carbonyl (C=O) groups excluding carboxylic acids is 1. The predicted molar refractivity (Wildman–Crippen MR) is 166 cm³/mol. The van der Waals surface area contributed by atoms with Gasteiger partial charge in [-0.15, -0.1) is 0 Å². The second-order valence-corrected chi connectivity index (χ2v) is 11.0. The molecule has 12 heteroatoms. The third-order valence-corrected chi connectivity index (χ3v) is 8.07. The van der Waals surface area contributed by atoms with Crippen molar-refractivity contribution in [2.45, 2.75) is 31.2 Å². The molecule has 0 radical (unpaired) electrons. The van der Waals surface area contributed by atoms with Crippen molar-refractivity contribution in [1.82, 2.24) is 19.9 Å². The molecule has 3 saturated heterocycles. The maximum absolute atomic E-state index is 12.5. The maximum Gasteiger partial charge on any atom is 0.323 e. The lowest BCUT2D eigenvalue weighted by atomic mass is 10.1. The molecule has 2 amide bonds. The first-order valence-corrected chi connectivity index (χ1v) is 14.9. The number of hydrogen-bond acceptors (Lipinski definition) is 10. The first-order chi connectivity index (χ1) is 21.7. The molecule has 12 nitrogen and oxygen atoms in total. The van der Waals surface area contributed by atoms with Crippen molar-refractivity contribution in [1.29, 1.82) is 0 Å². The Morgan fingerprint density at radius 1 is 0.841 bits per heavy atom. The number of anilines is 4. The Morgan fingerprint density at radius 3 is 2.34 bits per heavy atom. The van der Waals surface area contributed by atoms with Gasteiger partial charge >= 0.3 is 6.03 Å². The summed E-state index contributed by atoms with van der Waals surface area (Å²) >= 11 is 0. The molecule has 0 unspecified atom stereocenters. The van der Waals surface area contributed by atoms with Crippen molar-refractivity contribution >= 4 is 29.3 Å². The number of rotatable bonds is 8. The molecule has 3 atom stereocenters. The van der Waals surface area contributed by atoms with Gasteiger partial charge in [-0.05, 0) is 48.4 Å². The number of carbonyl (C=O) groups is 1.